The molecule has 0 aliphatic heterocycles. The van der Waals surface area contributed by atoms with Gasteiger partial charge in [0.05, 0.1) is 0 Å². The second-order valence-corrected chi connectivity index (χ2v) is 14.0. The van der Waals surface area contributed by atoms with Gasteiger partial charge in [-0.1, -0.05) is 0 Å². The number of carbonyl (C=O) groups excluding carboxylic acids is 2. The van der Waals surface area contributed by atoms with Crippen LogP contribution in [0, 0.1) is 0 Å². The van der Waals surface area contributed by atoms with Gasteiger partial charge >= 0.3 is 228 Å². The predicted molar refractivity (Wildman–Crippen MR) is 152 cm³/mol. The topological polar surface area (TPSA) is 58.2 Å². The molecule has 0 saturated heterocycles. The molecular formula is C28H32As2N2O2S. The van der Waals surface area contributed by atoms with Crippen molar-refractivity contribution in [3.8, 4) is 0 Å². The van der Waals surface area contributed by atoms with Gasteiger partial charge in [-0.3, -0.25) is 0 Å². The van der Waals surface area contributed by atoms with Crippen LogP contribution in [0.15, 0.2) is 72.1 Å². The van der Waals surface area contributed by atoms with Gasteiger partial charge in [0.25, 0.3) is 0 Å². The van der Waals surface area contributed by atoms with Crippen molar-refractivity contribution in [1.82, 2.24) is 5.32 Å². The summed E-state index contributed by atoms with van der Waals surface area (Å²) in [6, 6.07) is 20.5. The summed E-state index contributed by atoms with van der Waals surface area (Å²) in [5.41, 5.74) is 2.88. The van der Waals surface area contributed by atoms with Crippen LogP contribution in [-0.2, 0) is 14.8 Å². The summed E-state index contributed by atoms with van der Waals surface area (Å²) in [7, 11) is 0. The molecule has 182 valence electrons. The van der Waals surface area contributed by atoms with Gasteiger partial charge in [0.1, 0.15) is 0 Å². The van der Waals surface area contributed by atoms with E-state index in [0.717, 1.165) is 39.2 Å². The first-order valence-corrected chi connectivity index (χ1v) is 16.9. The molecule has 3 aromatic rings. The van der Waals surface area contributed by atoms with Crippen molar-refractivity contribution in [2.45, 2.75) is 48.1 Å². The fourth-order valence-corrected chi connectivity index (χ4v) is 8.94. The number of amides is 2. The zero-order chi connectivity index (χ0) is 24.5. The molecule has 1 saturated carbocycles. The average molecular weight is 610 g/mol. The summed E-state index contributed by atoms with van der Waals surface area (Å²) in [6.07, 6.45) is 9.27. The number of para-hydroxylation sites is 1. The molecule has 7 heteroatoms. The maximum absolute atomic E-state index is 13.3. The van der Waals surface area contributed by atoms with Gasteiger partial charge in [-0.15, -0.1) is 0 Å². The molecule has 0 radical (unpaired) electrons. The number of nitrogens with one attached hydrogen (secondary N) is 2. The Bertz CT molecular complexity index is 1140. The molecule has 2 aromatic carbocycles. The number of rotatable bonds is 9. The maximum atomic E-state index is 13.3. The van der Waals surface area contributed by atoms with Crippen molar-refractivity contribution in [1.29, 1.82) is 0 Å². The molecule has 1 aliphatic carbocycles. The van der Waals surface area contributed by atoms with Crippen LogP contribution < -0.4 is 15.0 Å². The molecule has 3 atom stereocenters. The number of carbonyl (C=O) groups is 2. The van der Waals surface area contributed by atoms with E-state index in [9.17, 15) is 9.59 Å². The number of thiophene rings is 1. The summed E-state index contributed by atoms with van der Waals surface area (Å²) in [5.74, 6) is 0.0440. The zero-order valence-corrected chi connectivity index (χ0v) is 25.0. The minimum atomic E-state index is -0.544. The normalized spacial score (nSPS) is 15.5. The fourth-order valence-electron chi connectivity index (χ4n) is 4.27. The van der Waals surface area contributed by atoms with E-state index in [1.54, 1.807) is 17.4 Å². The number of benzene rings is 2. The standard InChI is InChI=1S/C28H32As2N2O2S/c29-24-10-4-5-11-25(24)32-26(33)17-14-20-12-15-21(16-13-20)27(30-19-23-9-6-18-35-23)28(34)31-22-7-2-1-3-8-22/h4-6,9-18,22,27,30H,1-3,7-8,19,29H2,(H,31,34)(H,32,33)/b17-14+. The van der Waals surface area contributed by atoms with E-state index < -0.39 is 15.8 Å². The molecule has 35 heavy (non-hydrogen) atoms. The van der Waals surface area contributed by atoms with Gasteiger partial charge < -0.3 is 0 Å². The Morgan fingerprint density at radius 2 is 1.80 bits per heavy atom. The van der Waals surface area contributed by atoms with Crippen molar-refractivity contribution in [3.05, 3.63) is 88.1 Å². The Hall–Kier alpha value is -2.06. The summed E-state index contributed by atoms with van der Waals surface area (Å²) in [6.45, 7) is 0. The van der Waals surface area contributed by atoms with E-state index >= 15 is 0 Å². The molecule has 0 bridgehead atoms. The van der Waals surface area contributed by atoms with E-state index in [1.807, 2.05) is 42.5 Å². The molecular weight excluding hydrogens is 578 g/mol. The van der Waals surface area contributed by atoms with Crippen LogP contribution in [0.2, 0.25) is 0 Å². The summed E-state index contributed by atoms with van der Waals surface area (Å²) in [4.78, 5) is 27.0. The van der Waals surface area contributed by atoms with Crippen LogP contribution in [0.1, 0.15) is 52.8 Å². The fraction of sp³-hybridized carbons (Fsp3) is 0.286. The van der Waals surface area contributed by atoms with Crippen LogP contribution in [0.5, 0.6) is 0 Å². The Morgan fingerprint density at radius 3 is 2.51 bits per heavy atom. The van der Waals surface area contributed by atoms with E-state index in [2.05, 4.69) is 40.3 Å². The van der Waals surface area contributed by atoms with E-state index in [4.69, 9.17) is 0 Å². The van der Waals surface area contributed by atoms with Gasteiger partial charge in [-0.25, -0.2) is 0 Å². The third-order valence-electron chi connectivity index (χ3n) is 6.19. The van der Waals surface area contributed by atoms with Crippen molar-refractivity contribution in [2.75, 3.05) is 5.32 Å². The summed E-state index contributed by atoms with van der Waals surface area (Å²) in [5, 5.41) is 9.42. The Balaban J connectivity index is 1.41. The number of hydrogen-bond acceptors (Lipinski definition) is 3. The van der Waals surface area contributed by atoms with Gasteiger partial charge in [0, 0.05) is 0 Å². The second-order valence-electron chi connectivity index (χ2n) is 8.81. The van der Waals surface area contributed by atoms with Crippen LogP contribution in [0.4, 0.5) is 5.69 Å². The van der Waals surface area contributed by atoms with Crippen molar-refractivity contribution in [2.24, 2.45) is 0 Å². The van der Waals surface area contributed by atoms with Crippen LogP contribution >= 0.6 is 11.3 Å². The van der Waals surface area contributed by atoms with Gasteiger partial charge in [0.2, 0.25) is 0 Å². The summed E-state index contributed by atoms with van der Waals surface area (Å²) < 4.78 is 1.04. The Morgan fingerprint density at radius 1 is 1.03 bits per heavy atom. The number of hydrogen-bond donors (Lipinski definition) is 2. The molecule has 1 aliphatic rings. The average Bonchev–Trinajstić information content (AvgIpc) is 3.39. The zero-order valence-electron chi connectivity index (χ0n) is 19.7. The SMILES string of the molecule is O=C(/C=C/c1ccc(C([AsH]Cc2cccs2)C(=O)NC2CCCCC2)cc1)Nc1ccccc1[AsH2]. The van der Waals surface area contributed by atoms with Crippen molar-refractivity contribution in [3.63, 3.8) is 0 Å². The molecule has 1 heterocycles. The first kappa shape index (κ1) is 26.0. The van der Waals surface area contributed by atoms with Gasteiger partial charge in [-0.05, 0) is 0 Å². The van der Waals surface area contributed by atoms with Crippen LogP contribution in [0.25, 0.3) is 6.08 Å². The quantitative estimate of drug-likeness (QED) is 0.287. The van der Waals surface area contributed by atoms with Crippen molar-refractivity contribution < 1.29 is 9.59 Å². The molecule has 4 rings (SSSR count). The first-order chi connectivity index (χ1) is 17.1. The van der Waals surface area contributed by atoms with E-state index in [1.165, 1.54) is 41.0 Å². The molecule has 2 N–H and O–H groups in total. The Labute approximate surface area is 227 Å². The third kappa shape index (κ3) is 7.97. The Kier molecular flexibility index (Phi) is 9.89. The monoisotopic (exact) mass is 610 g/mol. The van der Waals surface area contributed by atoms with Gasteiger partial charge in [0.15, 0.2) is 0 Å². The van der Waals surface area contributed by atoms with Crippen molar-refractivity contribution >= 4 is 71.9 Å². The molecule has 2 amide bonds. The molecule has 1 fully saturated rings. The first-order valence-electron chi connectivity index (χ1n) is 12.1. The number of anilines is 1. The molecule has 3 unspecified atom stereocenters. The molecule has 4 nitrogen and oxygen atoms in total. The predicted octanol–water partition coefficient (Wildman–Crippen LogP) is 3.79. The van der Waals surface area contributed by atoms with Gasteiger partial charge in [-0.2, -0.15) is 0 Å². The minimum absolute atomic E-state index is 0.0525. The summed E-state index contributed by atoms with van der Waals surface area (Å²) >= 11 is 2.71. The molecule has 0 spiro atoms. The van der Waals surface area contributed by atoms with E-state index in [-0.39, 0.29) is 16.5 Å². The van der Waals surface area contributed by atoms with Crippen LogP contribution in [0.3, 0.4) is 0 Å². The third-order valence-corrected chi connectivity index (χ3v) is 12.0. The molecule has 1 aromatic heterocycles. The van der Waals surface area contributed by atoms with Crippen LogP contribution in [-0.4, -0.2) is 50.5 Å². The second kappa shape index (κ2) is 13.3. The van der Waals surface area contributed by atoms with E-state index in [0.29, 0.717) is 6.04 Å².